The molecule has 0 spiro atoms. The highest BCUT2D eigenvalue weighted by molar-refractivity contribution is 9.10. The molecular formula is C19H20BrNOS. The monoisotopic (exact) mass is 389 g/mol. The Bertz CT molecular complexity index is 648. The van der Waals surface area contributed by atoms with Crippen LogP contribution in [0.5, 0.6) is 0 Å². The van der Waals surface area contributed by atoms with E-state index in [0.29, 0.717) is 12.3 Å². The van der Waals surface area contributed by atoms with Gasteiger partial charge in [0.2, 0.25) is 5.91 Å². The molecule has 1 aliphatic rings. The number of carbonyl (C=O) groups excluding carboxylic acids is 1. The average Bonchev–Trinajstić information content (AvgIpc) is 3.04. The fourth-order valence-electron chi connectivity index (χ4n) is 2.93. The molecule has 23 heavy (non-hydrogen) atoms. The minimum Gasteiger partial charge on any atom is -0.326 e. The van der Waals surface area contributed by atoms with Crippen LogP contribution in [0.4, 0.5) is 5.69 Å². The first-order chi connectivity index (χ1) is 11.2. The van der Waals surface area contributed by atoms with Gasteiger partial charge in [0.05, 0.1) is 0 Å². The number of benzene rings is 2. The number of hydrogen-bond donors (Lipinski definition) is 1. The number of halogens is 1. The number of nitrogens with one attached hydrogen (secondary N) is 1. The van der Waals surface area contributed by atoms with Gasteiger partial charge in [-0.2, -0.15) is 0 Å². The van der Waals surface area contributed by atoms with Crippen molar-refractivity contribution in [2.24, 2.45) is 5.92 Å². The van der Waals surface area contributed by atoms with Crippen LogP contribution in [0.2, 0.25) is 0 Å². The van der Waals surface area contributed by atoms with Gasteiger partial charge in [0.15, 0.2) is 0 Å². The molecule has 0 saturated heterocycles. The maximum absolute atomic E-state index is 12.1. The molecule has 0 bridgehead atoms. The number of anilines is 1. The lowest BCUT2D eigenvalue weighted by molar-refractivity contribution is -0.117. The predicted octanol–water partition coefficient (Wildman–Crippen LogP) is 6.12. The van der Waals surface area contributed by atoms with Crippen molar-refractivity contribution in [3.05, 3.63) is 53.0 Å². The van der Waals surface area contributed by atoms with Gasteiger partial charge in [0.25, 0.3) is 0 Å². The Hall–Kier alpha value is -1.26. The maximum atomic E-state index is 12.1. The molecule has 1 amide bonds. The van der Waals surface area contributed by atoms with E-state index in [9.17, 15) is 4.79 Å². The molecular weight excluding hydrogens is 370 g/mol. The van der Waals surface area contributed by atoms with E-state index in [4.69, 9.17) is 0 Å². The van der Waals surface area contributed by atoms with Crippen LogP contribution in [0.1, 0.15) is 32.1 Å². The summed E-state index contributed by atoms with van der Waals surface area (Å²) in [5.41, 5.74) is 0.883. The summed E-state index contributed by atoms with van der Waals surface area (Å²) in [4.78, 5) is 14.4. The second-order valence-corrected chi connectivity index (χ2v) is 8.05. The van der Waals surface area contributed by atoms with Gasteiger partial charge in [-0.15, -0.1) is 0 Å². The third-order valence-corrected chi connectivity index (χ3v) is 5.68. The molecule has 1 fully saturated rings. The summed E-state index contributed by atoms with van der Waals surface area (Å²) in [6.45, 7) is 0. The molecule has 1 N–H and O–H groups in total. The fraction of sp³-hybridized carbons (Fsp3) is 0.316. The van der Waals surface area contributed by atoms with E-state index in [0.717, 1.165) is 10.2 Å². The molecule has 2 aromatic rings. The van der Waals surface area contributed by atoms with Gasteiger partial charge in [-0.25, -0.2) is 0 Å². The first-order valence-corrected chi connectivity index (χ1v) is 9.63. The van der Waals surface area contributed by atoms with Gasteiger partial charge in [0.1, 0.15) is 0 Å². The lowest BCUT2D eigenvalue weighted by Gasteiger charge is -2.10. The van der Waals surface area contributed by atoms with Gasteiger partial charge >= 0.3 is 0 Å². The Morgan fingerprint density at radius 2 is 1.57 bits per heavy atom. The number of carbonyl (C=O) groups is 1. The van der Waals surface area contributed by atoms with Crippen LogP contribution in [0.25, 0.3) is 0 Å². The zero-order valence-corrected chi connectivity index (χ0v) is 15.3. The van der Waals surface area contributed by atoms with Crippen molar-refractivity contribution in [1.29, 1.82) is 0 Å². The zero-order valence-electron chi connectivity index (χ0n) is 12.9. The normalized spacial score (nSPS) is 14.8. The van der Waals surface area contributed by atoms with Crippen molar-refractivity contribution >= 4 is 39.3 Å². The van der Waals surface area contributed by atoms with Crippen molar-refractivity contribution < 1.29 is 4.79 Å². The second kappa shape index (κ2) is 8.02. The molecule has 3 rings (SSSR count). The van der Waals surface area contributed by atoms with E-state index >= 15 is 0 Å². The summed E-state index contributed by atoms with van der Waals surface area (Å²) in [6, 6.07) is 16.3. The van der Waals surface area contributed by atoms with Crippen LogP contribution in [-0.2, 0) is 4.79 Å². The number of rotatable bonds is 5. The minimum atomic E-state index is 0.144. The second-order valence-electron chi connectivity index (χ2n) is 5.98. The van der Waals surface area contributed by atoms with Crippen LogP contribution in [0.3, 0.4) is 0 Å². The first-order valence-electron chi connectivity index (χ1n) is 8.02. The first kappa shape index (κ1) is 16.6. The lowest BCUT2D eigenvalue weighted by atomic mass is 10.0. The van der Waals surface area contributed by atoms with E-state index in [1.165, 1.54) is 35.5 Å². The maximum Gasteiger partial charge on any atom is 0.224 e. The van der Waals surface area contributed by atoms with E-state index in [-0.39, 0.29) is 5.91 Å². The van der Waals surface area contributed by atoms with Gasteiger partial charge in [0, 0.05) is 26.4 Å². The summed E-state index contributed by atoms with van der Waals surface area (Å²) in [5, 5.41) is 3.01. The van der Waals surface area contributed by atoms with Crippen LogP contribution in [0.15, 0.2) is 62.8 Å². The van der Waals surface area contributed by atoms with Crippen molar-refractivity contribution in [2.45, 2.75) is 41.9 Å². The summed E-state index contributed by atoms with van der Waals surface area (Å²) in [7, 11) is 0. The lowest BCUT2D eigenvalue weighted by Crippen LogP contribution is -2.14. The smallest absolute Gasteiger partial charge is 0.224 e. The molecule has 1 saturated carbocycles. The van der Waals surface area contributed by atoms with E-state index in [2.05, 4.69) is 45.5 Å². The molecule has 2 aromatic carbocycles. The summed E-state index contributed by atoms with van der Waals surface area (Å²) in [6.07, 6.45) is 5.63. The van der Waals surface area contributed by atoms with Crippen LogP contribution >= 0.6 is 27.7 Å². The minimum absolute atomic E-state index is 0.144. The van der Waals surface area contributed by atoms with Crippen LogP contribution in [0, 0.1) is 5.92 Å². The van der Waals surface area contributed by atoms with E-state index in [1.807, 2.05) is 24.3 Å². The topological polar surface area (TPSA) is 29.1 Å². The SMILES string of the molecule is O=C(CC1CCCC1)Nc1ccc(Sc2ccc(Br)cc2)cc1. The highest BCUT2D eigenvalue weighted by Crippen LogP contribution is 2.30. The van der Waals surface area contributed by atoms with Crippen LogP contribution in [-0.4, -0.2) is 5.91 Å². The molecule has 0 radical (unpaired) electrons. The fourth-order valence-corrected chi connectivity index (χ4v) is 4.01. The average molecular weight is 390 g/mol. The molecule has 0 heterocycles. The van der Waals surface area contributed by atoms with E-state index < -0.39 is 0 Å². The molecule has 1 aliphatic carbocycles. The molecule has 2 nitrogen and oxygen atoms in total. The number of hydrogen-bond acceptors (Lipinski definition) is 2. The highest BCUT2D eigenvalue weighted by Gasteiger charge is 2.18. The summed E-state index contributed by atoms with van der Waals surface area (Å²) in [5.74, 6) is 0.729. The van der Waals surface area contributed by atoms with Gasteiger partial charge in [-0.1, -0.05) is 40.5 Å². The standard InChI is InChI=1S/C19H20BrNOS/c20-15-5-9-17(10-6-15)23-18-11-7-16(8-12-18)21-19(22)13-14-3-1-2-4-14/h5-12,14H,1-4,13H2,(H,21,22). The molecule has 0 aliphatic heterocycles. The van der Waals surface area contributed by atoms with Gasteiger partial charge in [-0.05, 0) is 67.3 Å². The van der Waals surface area contributed by atoms with Crippen molar-refractivity contribution in [1.82, 2.24) is 0 Å². The van der Waals surface area contributed by atoms with Gasteiger partial charge < -0.3 is 5.32 Å². The Labute approximate surface area is 150 Å². The van der Waals surface area contributed by atoms with Crippen molar-refractivity contribution in [3.63, 3.8) is 0 Å². The predicted molar refractivity (Wildman–Crippen MR) is 99.9 cm³/mol. The third-order valence-electron chi connectivity index (χ3n) is 4.14. The Kier molecular flexibility index (Phi) is 5.79. The molecule has 0 atom stereocenters. The summed E-state index contributed by atoms with van der Waals surface area (Å²) < 4.78 is 1.09. The highest BCUT2D eigenvalue weighted by atomic mass is 79.9. The molecule has 4 heteroatoms. The van der Waals surface area contributed by atoms with Crippen molar-refractivity contribution in [3.8, 4) is 0 Å². The van der Waals surface area contributed by atoms with Crippen molar-refractivity contribution in [2.75, 3.05) is 5.32 Å². The Morgan fingerprint density at radius 1 is 1.00 bits per heavy atom. The van der Waals surface area contributed by atoms with Gasteiger partial charge in [-0.3, -0.25) is 4.79 Å². The van der Waals surface area contributed by atoms with Crippen LogP contribution < -0.4 is 5.32 Å². The quantitative estimate of drug-likeness (QED) is 0.667. The molecule has 0 unspecified atom stereocenters. The molecule has 0 aromatic heterocycles. The molecule has 120 valence electrons. The zero-order chi connectivity index (χ0) is 16.1. The summed E-state index contributed by atoms with van der Waals surface area (Å²) >= 11 is 5.16. The largest absolute Gasteiger partial charge is 0.326 e. The van der Waals surface area contributed by atoms with E-state index in [1.54, 1.807) is 11.8 Å². The Morgan fingerprint density at radius 3 is 2.17 bits per heavy atom. The third kappa shape index (κ3) is 5.11. The Balaban J connectivity index is 1.54. The number of amides is 1.